The monoisotopic (exact) mass is 242 g/mol. The SMILES string of the molecule is Clc1ccc(C2CCCCCC2Cl)cc1. The summed E-state index contributed by atoms with van der Waals surface area (Å²) < 4.78 is 0. The van der Waals surface area contributed by atoms with Crippen LogP contribution in [0.25, 0.3) is 0 Å². The molecule has 2 rings (SSSR count). The summed E-state index contributed by atoms with van der Waals surface area (Å²) in [5.41, 5.74) is 1.35. The first-order valence-electron chi connectivity index (χ1n) is 5.67. The lowest BCUT2D eigenvalue weighted by molar-refractivity contribution is 0.600. The summed E-state index contributed by atoms with van der Waals surface area (Å²) in [7, 11) is 0. The van der Waals surface area contributed by atoms with Gasteiger partial charge in [-0.3, -0.25) is 0 Å². The van der Waals surface area contributed by atoms with E-state index in [1.165, 1.54) is 31.2 Å². The fraction of sp³-hybridized carbons (Fsp3) is 0.538. The normalized spacial score (nSPS) is 27.3. The molecule has 1 saturated carbocycles. The summed E-state index contributed by atoms with van der Waals surface area (Å²) in [5.74, 6) is 0.520. The minimum absolute atomic E-state index is 0.300. The Balaban J connectivity index is 2.16. The van der Waals surface area contributed by atoms with Gasteiger partial charge in [0, 0.05) is 16.3 Å². The molecule has 0 amide bonds. The average Bonchev–Trinajstić information content (AvgIpc) is 2.44. The highest BCUT2D eigenvalue weighted by atomic mass is 35.5. The first-order valence-corrected chi connectivity index (χ1v) is 6.48. The maximum Gasteiger partial charge on any atom is 0.0406 e. The van der Waals surface area contributed by atoms with Crippen LogP contribution in [0.1, 0.15) is 43.6 Å². The second-order valence-corrected chi connectivity index (χ2v) is 5.31. The molecule has 1 aromatic carbocycles. The summed E-state index contributed by atoms with van der Waals surface area (Å²) in [6, 6.07) is 8.16. The number of alkyl halides is 1. The summed E-state index contributed by atoms with van der Waals surface area (Å²) in [6.45, 7) is 0. The van der Waals surface area contributed by atoms with Crippen molar-refractivity contribution in [1.82, 2.24) is 0 Å². The molecule has 0 bridgehead atoms. The quantitative estimate of drug-likeness (QED) is 0.481. The zero-order valence-electron chi connectivity index (χ0n) is 8.76. The van der Waals surface area contributed by atoms with E-state index < -0.39 is 0 Å². The molecule has 1 aliphatic carbocycles. The molecule has 1 aliphatic rings. The van der Waals surface area contributed by atoms with Crippen molar-refractivity contribution in [3.05, 3.63) is 34.9 Å². The highest BCUT2D eigenvalue weighted by molar-refractivity contribution is 6.30. The molecule has 2 heteroatoms. The molecule has 82 valence electrons. The van der Waals surface area contributed by atoms with Crippen LogP contribution in [-0.4, -0.2) is 5.38 Å². The average molecular weight is 243 g/mol. The van der Waals surface area contributed by atoms with Crippen LogP contribution in [0.4, 0.5) is 0 Å². The Bertz CT molecular complexity index is 305. The van der Waals surface area contributed by atoms with Gasteiger partial charge in [0.1, 0.15) is 0 Å². The second kappa shape index (κ2) is 5.23. The summed E-state index contributed by atoms with van der Waals surface area (Å²) in [4.78, 5) is 0. The summed E-state index contributed by atoms with van der Waals surface area (Å²) in [6.07, 6.45) is 6.27. The van der Waals surface area contributed by atoms with Crippen LogP contribution >= 0.6 is 23.2 Å². The van der Waals surface area contributed by atoms with E-state index >= 15 is 0 Å². The van der Waals surface area contributed by atoms with E-state index in [9.17, 15) is 0 Å². The lowest BCUT2D eigenvalue weighted by atomic mass is 9.91. The van der Waals surface area contributed by atoms with E-state index in [-0.39, 0.29) is 0 Å². The molecule has 0 aromatic heterocycles. The minimum atomic E-state index is 0.300. The van der Waals surface area contributed by atoms with Gasteiger partial charge in [-0.15, -0.1) is 11.6 Å². The van der Waals surface area contributed by atoms with Gasteiger partial charge in [-0.25, -0.2) is 0 Å². The number of hydrogen-bond donors (Lipinski definition) is 0. The number of benzene rings is 1. The Kier molecular flexibility index (Phi) is 3.93. The first kappa shape index (κ1) is 11.3. The summed E-state index contributed by atoms with van der Waals surface area (Å²) >= 11 is 12.3. The van der Waals surface area contributed by atoms with Gasteiger partial charge in [0.05, 0.1) is 0 Å². The Morgan fingerprint density at radius 1 is 0.933 bits per heavy atom. The van der Waals surface area contributed by atoms with Crippen molar-refractivity contribution in [1.29, 1.82) is 0 Å². The zero-order chi connectivity index (χ0) is 10.7. The maximum atomic E-state index is 6.43. The van der Waals surface area contributed by atoms with Crippen molar-refractivity contribution in [2.75, 3.05) is 0 Å². The van der Waals surface area contributed by atoms with Gasteiger partial charge < -0.3 is 0 Å². The van der Waals surface area contributed by atoms with Crippen LogP contribution in [0, 0.1) is 0 Å². The molecular weight excluding hydrogens is 227 g/mol. The smallest absolute Gasteiger partial charge is 0.0406 e. The molecule has 1 fully saturated rings. The van der Waals surface area contributed by atoms with Gasteiger partial charge >= 0.3 is 0 Å². The van der Waals surface area contributed by atoms with Crippen molar-refractivity contribution in [3.63, 3.8) is 0 Å². The predicted molar refractivity (Wildman–Crippen MR) is 66.9 cm³/mol. The number of hydrogen-bond acceptors (Lipinski definition) is 0. The molecule has 2 unspecified atom stereocenters. The third-order valence-corrected chi connectivity index (χ3v) is 4.00. The zero-order valence-corrected chi connectivity index (χ0v) is 10.3. The van der Waals surface area contributed by atoms with Crippen molar-refractivity contribution in [2.24, 2.45) is 0 Å². The Morgan fingerprint density at radius 3 is 2.33 bits per heavy atom. The molecule has 15 heavy (non-hydrogen) atoms. The van der Waals surface area contributed by atoms with Crippen LogP contribution in [0.15, 0.2) is 24.3 Å². The Labute approximate surface area is 102 Å². The molecule has 0 N–H and O–H groups in total. The fourth-order valence-corrected chi connectivity index (χ4v) is 2.90. The van der Waals surface area contributed by atoms with Crippen molar-refractivity contribution >= 4 is 23.2 Å². The topological polar surface area (TPSA) is 0 Å². The molecular formula is C13H16Cl2. The number of rotatable bonds is 1. The molecule has 0 spiro atoms. The van der Waals surface area contributed by atoms with Crippen LogP contribution in [0.2, 0.25) is 5.02 Å². The van der Waals surface area contributed by atoms with E-state index in [2.05, 4.69) is 12.1 Å². The van der Waals surface area contributed by atoms with Gasteiger partial charge in [0.25, 0.3) is 0 Å². The maximum absolute atomic E-state index is 6.43. The molecule has 0 saturated heterocycles. The number of halogens is 2. The van der Waals surface area contributed by atoms with Gasteiger partial charge in [-0.1, -0.05) is 43.0 Å². The highest BCUT2D eigenvalue weighted by Crippen LogP contribution is 2.35. The Hall–Kier alpha value is -0.200. The van der Waals surface area contributed by atoms with E-state index in [0.717, 1.165) is 11.4 Å². The molecule has 1 aromatic rings. The largest absolute Gasteiger partial charge is 0.122 e. The first-order chi connectivity index (χ1) is 7.27. The van der Waals surface area contributed by atoms with Crippen molar-refractivity contribution < 1.29 is 0 Å². The van der Waals surface area contributed by atoms with Gasteiger partial charge in [0.2, 0.25) is 0 Å². The van der Waals surface area contributed by atoms with Crippen LogP contribution in [-0.2, 0) is 0 Å². The van der Waals surface area contributed by atoms with E-state index in [0.29, 0.717) is 11.3 Å². The Morgan fingerprint density at radius 2 is 1.60 bits per heavy atom. The standard InChI is InChI=1S/C13H16Cl2/c14-11-8-6-10(7-9-11)12-4-2-1-3-5-13(12)15/h6-9,12-13H,1-5H2. The molecule has 2 atom stereocenters. The highest BCUT2D eigenvalue weighted by Gasteiger charge is 2.22. The van der Waals surface area contributed by atoms with E-state index in [1.807, 2.05) is 12.1 Å². The van der Waals surface area contributed by atoms with Crippen LogP contribution in [0.3, 0.4) is 0 Å². The van der Waals surface area contributed by atoms with Crippen LogP contribution < -0.4 is 0 Å². The van der Waals surface area contributed by atoms with Gasteiger partial charge in [0.15, 0.2) is 0 Å². The lowest BCUT2D eigenvalue weighted by Crippen LogP contribution is -2.10. The second-order valence-electron chi connectivity index (χ2n) is 4.31. The van der Waals surface area contributed by atoms with Crippen molar-refractivity contribution in [2.45, 2.75) is 43.4 Å². The van der Waals surface area contributed by atoms with E-state index in [1.54, 1.807) is 0 Å². The van der Waals surface area contributed by atoms with Crippen LogP contribution in [0.5, 0.6) is 0 Å². The minimum Gasteiger partial charge on any atom is -0.122 e. The molecule has 0 radical (unpaired) electrons. The fourth-order valence-electron chi connectivity index (χ4n) is 2.35. The third kappa shape index (κ3) is 2.89. The summed E-state index contributed by atoms with van der Waals surface area (Å²) in [5, 5.41) is 1.10. The lowest BCUT2D eigenvalue weighted by Gasteiger charge is -2.19. The molecule has 0 heterocycles. The van der Waals surface area contributed by atoms with Crippen molar-refractivity contribution in [3.8, 4) is 0 Å². The molecule has 0 nitrogen and oxygen atoms in total. The third-order valence-electron chi connectivity index (χ3n) is 3.23. The van der Waals surface area contributed by atoms with Gasteiger partial charge in [-0.05, 0) is 30.5 Å². The predicted octanol–water partition coefficient (Wildman–Crippen LogP) is 5.00. The van der Waals surface area contributed by atoms with E-state index in [4.69, 9.17) is 23.2 Å². The van der Waals surface area contributed by atoms with Gasteiger partial charge in [-0.2, -0.15) is 0 Å². The molecule has 0 aliphatic heterocycles.